The van der Waals surface area contributed by atoms with E-state index in [0.29, 0.717) is 22.1 Å². The molecule has 0 aliphatic heterocycles. The second-order valence-corrected chi connectivity index (χ2v) is 13.2. The van der Waals surface area contributed by atoms with E-state index in [9.17, 15) is 34.8 Å². The molecule has 0 bridgehead atoms. The smallest absolute Gasteiger partial charge is 0.345 e. The molecule has 2 atom stereocenters. The second kappa shape index (κ2) is 15.2. The van der Waals surface area contributed by atoms with Crippen LogP contribution in [0.15, 0.2) is 108 Å². The van der Waals surface area contributed by atoms with Gasteiger partial charge < -0.3 is 40.8 Å². The zero-order valence-electron chi connectivity index (χ0n) is 27.7. The number of thiophene rings is 1. The summed E-state index contributed by atoms with van der Waals surface area (Å²) in [6.45, 7) is 0.273. The lowest BCUT2D eigenvalue weighted by Gasteiger charge is -2.25. The predicted molar refractivity (Wildman–Crippen MR) is 194 cm³/mol. The molecule has 0 unspecified atom stereocenters. The third-order valence-electron chi connectivity index (χ3n) is 8.64. The van der Waals surface area contributed by atoms with Crippen molar-refractivity contribution in [2.45, 2.75) is 24.8 Å². The van der Waals surface area contributed by atoms with Crippen LogP contribution in [0.5, 0.6) is 11.5 Å². The van der Waals surface area contributed by atoms with E-state index in [-0.39, 0.29) is 53.3 Å². The Bertz CT molecular complexity index is 2330. The Kier molecular flexibility index (Phi) is 10.5. The van der Waals surface area contributed by atoms with E-state index in [4.69, 9.17) is 4.74 Å². The maximum absolute atomic E-state index is 15.4. The van der Waals surface area contributed by atoms with Gasteiger partial charge in [-0.15, -0.1) is 11.3 Å². The largest absolute Gasteiger partial charge is 0.506 e. The van der Waals surface area contributed by atoms with Crippen LogP contribution < -0.4 is 20.9 Å². The minimum atomic E-state index is -2.26. The number of halogens is 1. The fraction of sp³-hybridized carbons (Fsp3) is 0.154. The van der Waals surface area contributed by atoms with Gasteiger partial charge in [-0.1, -0.05) is 54.6 Å². The summed E-state index contributed by atoms with van der Waals surface area (Å²) >= 11 is 1.35. The van der Waals surface area contributed by atoms with Crippen molar-refractivity contribution < 1.29 is 39.1 Å². The Hall–Kier alpha value is -5.86. The van der Waals surface area contributed by atoms with Gasteiger partial charge >= 0.3 is 5.97 Å². The molecule has 266 valence electrons. The normalized spacial score (nSPS) is 13.0. The summed E-state index contributed by atoms with van der Waals surface area (Å²) < 4.78 is 20.7. The van der Waals surface area contributed by atoms with Crippen LogP contribution in [0.1, 0.15) is 43.6 Å². The first-order chi connectivity index (χ1) is 25.0. The highest BCUT2D eigenvalue weighted by Crippen LogP contribution is 2.35. The number of aliphatic hydroxyl groups excluding tert-OH is 1. The molecule has 0 aliphatic rings. The molecule has 52 heavy (non-hydrogen) atoms. The van der Waals surface area contributed by atoms with Crippen LogP contribution in [0, 0.1) is 5.82 Å². The van der Waals surface area contributed by atoms with Gasteiger partial charge in [0.15, 0.2) is 0 Å². The number of nitrogens with one attached hydrogen (secondary N) is 3. The number of phenolic OH excluding ortho intramolecular Hbond substituents is 1. The van der Waals surface area contributed by atoms with Gasteiger partial charge in [0.2, 0.25) is 11.2 Å². The van der Waals surface area contributed by atoms with Crippen LogP contribution in [0.3, 0.4) is 0 Å². The molecule has 0 radical (unpaired) electrons. The van der Waals surface area contributed by atoms with Gasteiger partial charge in [0.1, 0.15) is 22.9 Å². The standard InChI is InChI=1S/C39H34FN3O8S/c1-51-32-17-22(19-41-21-31(45)27-11-13-30(44)36-28(27)12-15-34(46)43-36)16-29(40)35(32)37(47)42-20-26-10-14-33(52-26)23-6-5-9-25(18-23)39(50,38(48)49)24-7-3-2-4-8-24/h2-18,31,41,44-45,50H,19-21H2,1H3,(H,42,47)(H,43,46)(H,48,49)/t31-,39-/m0/s1. The number of carboxylic acids is 1. The molecule has 0 spiro atoms. The monoisotopic (exact) mass is 723 g/mol. The van der Waals surface area contributed by atoms with E-state index < -0.39 is 35.0 Å². The fourth-order valence-corrected chi connectivity index (χ4v) is 6.95. The van der Waals surface area contributed by atoms with Crippen molar-refractivity contribution in [1.82, 2.24) is 15.6 Å². The summed E-state index contributed by atoms with van der Waals surface area (Å²) in [6, 6.07) is 26.9. The quantitative estimate of drug-likeness (QED) is 0.0845. The third-order valence-corrected chi connectivity index (χ3v) is 9.78. The SMILES string of the molecule is COc1cc(CNC[C@H](O)c2ccc(O)c3[nH]c(=O)ccc23)cc(F)c1C(=O)NCc1ccc(-c2cccc([C@](O)(C(=O)O)c3ccccc3)c2)s1. The molecule has 0 saturated heterocycles. The van der Waals surface area contributed by atoms with Crippen molar-refractivity contribution in [1.29, 1.82) is 0 Å². The Balaban J connectivity index is 1.10. The summed E-state index contributed by atoms with van der Waals surface area (Å²) in [5, 5.41) is 48.5. The lowest BCUT2D eigenvalue weighted by molar-refractivity contribution is -0.155. The number of aliphatic carboxylic acids is 1. The zero-order chi connectivity index (χ0) is 37.0. The lowest BCUT2D eigenvalue weighted by atomic mass is 9.85. The number of benzene rings is 4. The molecule has 0 saturated carbocycles. The first-order valence-corrected chi connectivity index (χ1v) is 16.9. The molecular weight excluding hydrogens is 690 g/mol. The van der Waals surface area contributed by atoms with E-state index in [2.05, 4.69) is 15.6 Å². The molecule has 2 aromatic heterocycles. The summed E-state index contributed by atoms with van der Waals surface area (Å²) in [5.74, 6) is -2.99. The van der Waals surface area contributed by atoms with Crippen molar-refractivity contribution in [3.63, 3.8) is 0 Å². The Morgan fingerprint density at radius 3 is 2.46 bits per heavy atom. The maximum Gasteiger partial charge on any atom is 0.345 e. The van der Waals surface area contributed by atoms with Crippen LogP contribution in [-0.4, -0.2) is 50.9 Å². The van der Waals surface area contributed by atoms with E-state index in [0.717, 1.165) is 9.75 Å². The van der Waals surface area contributed by atoms with E-state index in [1.54, 1.807) is 66.7 Å². The number of carbonyl (C=O) groups excluding carboxylic acids is 1. The van der Waals surface area contributed by atoms with Crippen molar-refractivity contribution in [2.24, 2.45) is 0 Å². The molecule has 13 heteroatoms. The Morgan fingerprint density at radius 1 is 0.942 bits per heavy atom. The molecule has 1 amide bonds. The molecule has 0 aliphatic carbocycles. The van der Waals surface area contributed by atoms with Crippen molar-refractivity contribution in [3.05, 3.63) is 152 Å². The predicted octanol–water partition coefficient (Wildman–Crippen LogP) is 5.18. The summed E-state index contributed by atoms with van der Waals surface area (Å²) in [5.41, 5.74) is -0.676. The van der Waals surface area contributed by atoms with Gasteiger partial charge in [0.05, 0.1) is 25.3 Å². The molecule has 0 fully saturated rings. The van der Waals surface area contributed by atoms with Crippen molar-refractivity contribution >= 4 is 34.1 Å². The number of methoxy groups -OCH3 is 1. The number of aromatic hydroxyl groups is 1. The van der Waals surface area contributed by atoms with E-state index in [1.165, 1.54) is 48.8 Å². The Labute approximate surface area is 300 Å². The van der Waals surface area contributed by atoms with Crippen LogP contribution in [0.2, 0.25) is 0 Å². The van der Waals surface area contributed by atoms with Gasteiger partial charge in [-0.25, -0.2) is 9.18 Å². The number of carboxylic acid groups (broad SMARTS) is 1. The number of aromatic nitrogens is 1. The van der Waals surface area contributed by atoms with Gasteiger partial charge in [0, 0.05) is 39.9 Å². The molecular formula is C39H34FN3O8S. The average Bonchev–Trinajstić information content (AvgIpc) is 3.63. The minimum absolute atomic E-state index is 0.0244. The maximum atomic E-state index is 15.4. The lowest BCUT2D eigenvalue weighted by Crippen LogP contribution is -2.36. The summed E-state index contributed by atoms with van der Waals surface area (Å²) in [4.78, 5) is 41.2. The van der Waals surface area contributed by atoms with Crippen LogP contribution in [0.4, 0.5) is 4.39 Å². The molecule has 2 heterocycles. The summed E-state index contributed by atoms with van der Waals surface area (Å²) in [7, 11) is 1.33. The Morgan fingerprint density at radius 2 is 1.71 bits per heavy atom. The van der Waals surface area contributed by atoms with Crippen LogP contribution >= 0.6 is 11.3 Å². The highest BCUT2D eigenvalue weighted by molar-refractivity contribution is 7.15. The van der Waals surface area contributed by atoms with Crippen LogP contribution in [0.25, 0.3) is 21.3 Å². The minimum Gasteiger partial charge on any atom is -0.506 e. The summed E-state index contributed by atoms with van der Waals surface area (Å²) in [6.07, 6.45) is -1.02. The van der Waals surface area contributed by atoms with E-state index in [1.807, 2.05) is 6.07 Å². The van der Waals surface area contributed by atoms with E-state index >= 15 is 4.39 Å². The van der Waals surface area contributed by atoms with Gasteiger partial charge in [-0.3, -0.25) is 9.59 Å². The fourth-order valence-electron chi connectivity index (χ4n) is 6.01. The number of carbonyl (C=O) groups is 2. The number of amides is 1. The number of phenols is 1. The number of hydrogen-bond donors (Lipinski definition) is 7. The molecule has 11 nitrogen and oxygen atoms in total. The average molecular weight is 724 g/mol. The van der Waals surface area contributed by atoms with Crippen molar-refractivity contribution in [2.75, 3.05) is 13.7 Å². The van der Waals surface area contributed by atoms with Gasteiger partial charge in [-0.05, 0) is 64.7 Å². The topological polar surface area (TPSA) is 181 Å². The first-order valence-electron chi connectivity index (χ1n) is 16.1. The highest BCUT2D eigenvalue weighted by Gasteiger charge is 2.40. The number of aromatic amines is 1. The molecule has 7 N–H and O–H groups in total. The number of rotatable bonds is 13. The zero-order valence-corrected chi connectivity index (χ0v) is 28.5. The van der Waals surface area contributed by atoms with Crippen molar-refractivity contribution in [3.8, 4) is 21.9 Å². The number of ether oxygens (including phenoxy) is 1. The molecule has 6 rings (SSSR count). The number of hydrogen-bond acceptors (Lipinski definition) is 9. The first kappa shape index (κ1) is 35.9. The van der Waals surface area contributed by atoms with Gasteiger partial charge in [0.25, 0.3) is 5.91 Å². The highest BCUT2D eigenvalue weighted by atomic mass is 32.1. The third kappa shape index (κ3) is 7.29. The number of pyridine rings is 1. The molecule has 4 aromatic carbocycles. The number of fused-ring (bicyclic) bond motifs is 1. The number of aliphatic hydroxyl groups is 2. The number of H-pyrrole nitrogens is 1. The van der Waals surface area contributed by atoms with Gasteiger partial charge in [-0.2, -0.15) is 0 Å². The molecule has 6 aromatic rings. The van der Waals surface area contributed by atoms with Crippen LogP contribution in [-0.2, 0) is 23.5 Å². The second-order valence-electron chi connectivity index (χ2n) is 12.0.